The van der Waals surface area contributed by atoms with Crippen LogP contribution in [0.2, 0.25) is 0 Å². The van der Waals surface area contributed by atoms with Crippen molar-refractivity contribution in [3.05, 3.63) is 24.3 Å². The lowest BCUT2D eigenvalue weighted by Gasteiger charge is -2.25. The van der Waals surface area contributed by atoms with Gasteiger partial charge in [0.2, 0.25) is 0 Å². The van der Waals surface area contributed by atoms with Crippen LogP contribution in [0, 0.1) is 5.41 Å². The number of hydrogen-bond donors (Lipinski definition) is 2. The summed E-state index contributed by atoms with van der Waals surface area (Å²) in [6.45, 7) is 3.81. The quantitative estimate of drug-likeness (QED) is 0.850. The molecule has 0 saturated heterocycles. The van der Waals surface area contributed by atoms with E-state index in [1.54, 1.807) is 12.4 Å². The smallest absolute Gasteiger partial charge is 0.310 e. The largest absolute Gasteiger partial charge is 0.481 e. The molecular formula is C13H17N3O2. The number of nitrogens with zero attached hydrogens (tertiary/aromatic N) is 2. The van der Waals surface area contributed by atoms with E-state index in [4.69, 9.17) is 0 Å². The van der Waals surface area contributed by atoms with E-state index in [-0.39, 0.29) is 0 Å². The zero-order chi connectivity index (χ0) is 13.2. The van der Waals surface area contributed by atoms with E-state index in [2.05, 4.69) is 15.0 Å². The molecule has 0 aliphatic heterocycles. The van der Waals surface area contributed by atoms with Gasteiger partial charge >= 0.3 is 5.97 Å². The van der Waals surface area contributed by atoms with E-state index in [1.165, 1.54) is 0 Å². The van der Waals surface area contributed by atoms with Gasteiger partial charge in [0, 0.05) is 12.6 Å². The van der Waals surface area contributed by atoms with Crippen LogP contribution >= 0.6 is 0 Å². The molecule has 2 heterocycles. The lowest BCUT2D eigenvalue weighted by atomic mass is 9.79. The van der Waals surface area contributed by atoms with Crippen molar-refractivity contribution in [2.45, 2.75) is 33.1 Å². The predicted octanol–water partition coefficient (Wildman–Crippen LogP) is 2.39. The lowest BCUT2D eigenvalue weighted by molar-refractivity contribution is -0.149. The molecule has 0 bridgehead atoms. The van der Waals surface area contributed by atoms with Crippen LogP contribution in [0.3, 0.4) is 0 Å². The van der Waals surface area contributed by atoms with Crippen LogP contribution < -0.4 is 0 Å². The Morgan fingerprint density at radius 1 is 1.44 bits per heavy atom. The average molecular weight is 247 g/mol. The minimum absolute atomic E-state index is 0.421. The minimum atomic E-state index is -0.758. The zero-order valence-electron chi connectivity index (χ0n) is 10.6. The van der Waals surface area contributed by atoms with Gasteiger partial charge < -0.3 is 10.1 Å². The molecule has 0 aliphatic rings. The summed E-state index contributed by atoms with van der Waals surface area (Å²) in [6.07, 6.45) is 4.98. The second kappa shape index (κ2) is 4.76. The van der Waals surface area contributed by atoms with E-state index in [0.29, 0.717) is 25.1 Å². The number of pyridine rings is 1. The first-order valence-corrected chi connectivity index (χ1v) is 6.13. The Morgan fingerprint density at radius 2 is 2.17 bits per heavy atom. The molecule has 0 atom stereocenters. The molecule has 5 heteroatoms. The van der Waals surface area contributed by atoms with Crippen LogP contribution in [-0.4, -0.2) is 26.0 Å². The number of hydrogen-bond acceptors (Lipinski definition) is 3. The summed E-state index contributed by atoms with van der Waals surface area (Å²) in [5.41, 5.74) is 0.937. The summed E-state index contributed by atoms with van der Waals surface area (Å²) in [5.74, 6) is -0.0461. The molecule has 5 nitrogen and oxygen atoms in total. The minimum Gasteiger partial charge on any atom is -0.481 e. The Kier molecular flexibility index (Phi) is 3.32. The molecule has 0 aromatic carbocycles. The Labute approximate surface area is 105 Å². The Hall–Kier alpha value is -1.91. The fourth-order valence-corrected chi connectivity index (χ4v) is 2.19. The third-order valence-electron chi connectivity index (χ3n) is 3.65. The average Bonchev–Trinajstić information content (AvgIpc) is 2.77. The number of aliphatic carboxylic acids is 1. The van der Waals surface area contributed by atoms with Crippen LogP contribution in [0.1, 0.15) is 32.5 Å². The predicted molar refractivity (Wildman–Crippen MR) is 68.2 cm³/mol. The molecule has 2 aromatic rings. The van der Waals surface area contributed by atoms with Crippen molar-refractivity contribution in [2.24, 2.45) is 5.41 Å². The van der Waals surface area contributed by atoms with Gasteiger partial charge in [0.25, 0.3) is 0 Å². The second-order valence-corrected chi connectivity index (χ2v) is 4.55. The molecule has 0 saturated carbocycles. The zero-order valence-corrected chi connectivity index (χ0v) is 10.6. The van der Waals surface area contributed by atoms with E-state index in [0.717, 1.165) is 11.0 Å². The van der Waals surface area contributed by atoms with Gasteiger partial charge in [-0.3, -0.25) is 9.78 Å². The first kappa shape index (κ1) is 12.5. The summed E-state index contributed by atoms with van der Waals surface area (Å²) < 4.78 is 0. The number of aromatic amines is 1. The third-order valence-corrected chi connectivity index (χ3v) is 3.65. The summed E-state index contributed by atoms with van der Waals surface area (Å²) in [4.78, 5) is 23.0. The van der Waals surface area contributed by atoms with Crippen LogP contribution in [0.25, 0.3) is 11.0 Å². The van der Waals surface area contributed by atoms with Crippen molar-refractivity contribution in [3.8, 4) is 0 Å². The van der Waals surface area contributed by atoms with Gasteiger partial charge in [0.05, 0.1) is 22.6 Å². The number of imidazole rings is 1. The molecule has 0 unspecified atom stereocenters. The molecule has 0 aliphatic carbocycles. The SMILES string of the molecule is CCC(CC)(Cc1nc2ccncc2[nH]1)C(=O)O. The van der Waals surface area contributed by atoms with Crippen LogP contribution in [-0.2, 0) is 11.2 Å². The van der Waals surface area contributed by atoms with Crippen molar-refractivity contribution >= 4 is 17.0 Å². The number of carbonyl (C=O) groups is 1. The molecule has 2 rings (SSSR count). The number of rotatable bonds is 5. The van der Waals surface area contributed by atoms with Crippen LogP contribution in [0.15, 0.2) is 18.5 Å². The van der Waals surface area contributed by atoms with Gasteiger partial charge in [0.1, 0.15) is 5.82 Å². The number of carboxylic acids is 1. The van der Waals surface area contributed by atoms with E-state index in [9.17, 15) is 9.90 Å². The molecule has 96 valence electrons. The van der Waals surface area contributed by atoms with Crippen molar-refractivity contribution in [1.82, 2.24) is 15.0 Å². The van der Waals surface area contributed by atoms with Crippen molar-refractivity contribution in [2.75, 3.05) is 0 Å². The van der Waals surface area contributed by atoms with Gasteiger partial charge in [0.15, 0.2) is 0 Å². The maximum atomic E-state index is 11.4. The van der Waals surface area contributed by atoms with Crippen molar-refractivity contribution < 1.29 is 9.90 Å². The number of aromatic nitrogens is 3. The summed E-state index contributed by atoms with van der Waals surface area (Å²) in [6, 6.07) is 1.82. The molecule has 18 heavy (non-hydrogen) atoms. The molecule has 0 fully saturated rings. The van der Waals surface area contributed by atoms with Gasteiger partial charge in [-0.1, -0.05) is 13.8 Å². The fraction of sp³-hybridized carbons (Fsp3) is 0.462. The number of fused-ring (bicyclic) bond motifs is 1. The van der Waals surface area contributed by atoms with Crippen LogP contribution in [0.4, 0.5) is 0 Å². The standard InChI is InChI=1S/C13H17N3O2/c1-3-13(4-2,12(17)18)7-11-15-9-5-6-14-8-10(9)16-11/h5-6,8H,3-4,7H2,1-2H3,(H,15,16)(H,17,18). The second-order valence-electron chi connectivity index (χ2n) is 4.55. The normalized spacial score (nSPS) is 11.9. The maximum Gasteiger partial charge on any atom is 0.310 e. The monoisotopic (exact) mass is 247 g/mol. The Bertz CT molecular complexity index is 525. The highest BCUT2D eigenvalue weighted by molar-refractivity contribution is 5.76. The maximum absolute atomic E-state index is 11.4. The van der Waals surface area contributed by atoms with E-state index < -0.39 is 11.4 Å². The van der Waals surface area contributed by atoms with E-state index in [1.807, 2.05) is 19.9 Å². The number of H-pyrrole nitrogens is 1. The van der Waals surface area contributed by atoms with E-state index >= 15 is 0 Å². The first-order valence-electron chi connectivity index (χ1n) is 6.13. The number of carboxylic acid groups (broad SMARTS) is 1. The van der Waals surface area contributed by atoms with Crippen molar-refractivity contribution in [1.29, 1.82) is 0 Å². The fourth-order valence-electron chi connectivity index (χ4n) is 2.19. The Balaban J connectivity index is 2.34. The lowest BCUT2D eigenvalue weighted by Crippen LogP contribution is -2.32. The molecule has 2 aromatic heterocycles. The molecular weight excluding hydrogens is 230 g/mol. The Morgan fingerprint density at radius 3 is 2.72 bits per heavy atom. The summed E-state index contributed by atoms with van der Waals surface area (Å²) in [7, 11) is 0. The highest BCUT2D eigenvalue weighted by Crippen LogP contribution is 2.31. The highest BCUT2D eigenvalue weighted by Gasteiger charge is 2.35. The van der Waals surface area contributed by atoms with Gasteiger partial charge in [-0.05, 0) is 18.9 Å². The number of nitrogens with one attached hydrogen (secondary N) is 1. The highest BCUT2D eigenvalue weighted by atomic mass is 16.4. The molecule has 0 amide bonds. The van der Waals surface area contributed by atoms with Gasteiger partial charge in [-0.2, -0.15) is 0 Å². The van der Waals surface area contributed by atoms with Crippen molar-refractivity contribution in [3.63, 3.8) is 0 Å². The van der Waals surface area contributed by atoms with Gasteiger partial charge in [-0.25, -0.2) is 4.98 Å². The topological polar surface area (TPSA) is 78.9 Å². The van der Waals surface area contributed by atoms with Gasteiger partial charge in [-0.15, -0.1) is 0 Å². The first-order chi connectivity index (χ1) is 8.61. The molecule has 0 radical (unpaired) electrons. The summed E-state index contributed by atoms with van der Waals surface area (Å²) >= 11 is 0. The van der Waals surface area contributed by atoms with Crippen LogP contribution in [0.5, 0.6) is 0 Å². The molecule has 2 N–H and O–H groups in total. The third kappa shape index (κ3) is 2.08. The molecule has 0 spiro atoms. The summed E-state index contributed by atoms with van der Waals surface area (Å²) in [5, 5.41) is 9.41.